The molecule has 1 unspecified atom stereocenters. The Labute approximate surface area is 332 Å². The van der Waals surface area contributed by atoms with E-state index in [1.807, 2.05) is 6.07 Å². The molecule has 268 valence electrons. The summed E-state index contributed by atoms with van der Waals surface area (Å²) in [5, 5.41) is 2.25. The minimum atomic E-state index is -0.600. The lowest BCUT2D eigenvalue weighted by molar-refractivity contribution is 0.668. The second-order valence-electron chi connectivity index (χ2n) is 14.8. The summed E-state index contributed by atoms with van der Waals surface area (Å²) in [6.45, 7) is 0. The Morgan fingerprint density at radius 1 is 0.333 bits per heavy atom. The zero-order valence-electron chi connectivity index (χ0n) is 31.2. The Kier molecular flexibility index (Phi) is 7.75. The van der Waals surface area contributed by atoms with Crippen molar-refractivity contribution in [3.63, 3.8) is 0 Å². The predicted octanol–water partition coefficient (Wildman–Crippen LogP) is 14.8. The van der Waals surface area contributed by atoms with Gasteiger partial charge in [0.05, 0.1) is 11.1 Å². The average molecular weight is 728 g/mol. The highest BCUT2D eigenvalue weighted by Crippen LogP contribution is 2.58. The minimum Gasteiger partial charge on any atom is -0.456 e. The van der Waals surface area contributed by atoms with E-state index in [2.05, 4.69) is 223 Å². The van der Waals surface area contributed by atoms with Gasteiger partial charge in [-0.2, -0.15) is 0 Å². The van der Waals surface area contributed by atoms with Crippen LogP contribution in [-0.4, -0.2) is 0 Å². The van der Waals surface area contributed by atoms with Gasteiger partial charge in [-0.05, 0) is 98.6 Å². The lowest BCUT2D eigenvalue weighted by atomic mass is 9.67. The fraction of sp³-hybridized carbons (Fsp3) is 0.0182. The first-order valence-electron chi connectivity index (χ1n) is 19.6. The van der Waals surface area contributed by atoms with Crippen molar-refractivity contribution in [3.05, 3.63) is 247 Å². The summed E-state index contributed by atoms with van der Waals surface area (Å²) in [4.78, 5) is 2.43. The van der Waals surface area contributed by atoms with Gasteiger partial charge < -0.3 is 9.32 Å². The lowest BCUT2D eigenvalue weighted by Crippen LogP contribution is -2.28. The third kappa shape index (κ3) is 5.26. The highest BCUT2D eigenvalue weighted by Gasteiger charge is 2.46. The van der Waals surface area contributed by atoms with Crippen LogP contribution in [0.25, 0.3) is 55.3 Å². The maximum absolute atomic E-state index is 6.37. The van der Waals surface area contributed by atoms with E-state index in [1.54, 1.807) is 0 Å². The molecule has 1 aliphatic carbocycles. The van der Waals surface area contributed by atoms with E-state index in [-0.39, 0.29) is 0 Å². The largest absolute Gasteiger partial charge is 0.456 e. The van der Waals surface area contributed by atoms with Crippen LogP contribution in [-0.2, 0) is 5.41 Å². The van der Waals surface area contributed by atoms with Gasteiger partial charge in [0.25, 0.3) is 0 Å². The molecule has 1 aliphatic rings. The first-order valence-corrected chi connectivity index (χ1v) is 19.6. The van der Waals surface area contributed by atoms with E-state index < -0.39 is 5.41 Å². The monoisotopic (exact) mass is 727 g/mol. The number of para-hydroxylation sites is 2. The molecule has 0 bridgehead atoms. The van der Waals surface area contributed by atoms with Crippen LogP contribution in [0.5, 0.6) is 0 Å². The highest BCUT2D eigenvalue weighted by molar-refractivity contribution is 6.05. The van der Waals surface area contributed by atoms with Gasteiger partial charge in [-0.3, -0.25) is 0 Å². The SMILES string of the molecule is c1ccc(-c2ccc(N(c3ccc4c(c3)C(c3ccccc3)(c3ccc5oc6ccccc6c5c3)c3ccccc3-4)c3ccccc3-c3ccccc3)cc2)cc1. The molecule has 0 amide bonds. The number of benzene rings is 9. The normalized spacial score (nSPS) is 14.4. The van der Waals surface area contributed by atoms with E-state index in [0.717, 1.165) is 39.0 Å². The number of nitrogens with zero attached hydrogens (tertiary/aromatic N) is 1. The lowest BCUT2D eigenvalue weighted by Gasteiger charge is -2.35. The van der Waals surface area contributed by atoms with Crippen LogP contribution < -0.4 is 4.90 Å². The Balaban J connectivity index is 1.18. The van der Waals surface area contributed by atoms with Crippen LogP contribution in [0.3, 0.4) is 0 Å². The summed E-state index contributed by atoms with van der Waals surface area (Å²) >= 11 is 0. The zero-order valence-corrected chi connectivity index (χ0v) is 31.2. The van der Waals surface area contributed by atoms with Gasteiger partial charge in [-0.1, -0.05) is 176 Å². The number of hydrogen-bond acceptors (Lipinski definition) is 2. The number of rotatable bonds is 7. The standard InChI is InChI=1S/C55H37NO/c1-4-16-38(17-5-1)39-28-31-43(32-29-39)56(52-26-14-11-22-45(52)40-18-6-2-7-19-40)44-33-34-47-46-23-10-13-25-50(46)55(51(47)37-44,41-20-8-3-9-21-41)42-30-35-54-49(36-42)48-24-12-15-27-53(48)57-54/h1-37H. The third-order valence-electron chi connectivity index (χ3n) is 11.8. The molecule has 57 heavy (non-hydrogen) atoms. The molecule has 0 saturated heterocycles. The average Bonchev–Trinajstić information content (AvgIpc) is 3.81. The van der Waals surface area contributed by atoms with E-state index in [4.69, 9.17) is 4.42 Å². The summed E-state index contributed by atoms with van der Waals surface area (Å²) in [5.74, 6) is 0. The van der Waals surface area contributed by atoms with Gasteiger partial charge in [0.15, 0.2) is 0 Å². The molecule has 2 nitrogen and oxygen atoms in total. The van der Waals surface area contributed by atoms with Gasteiger partial charge in [0, 0.05) is 27.7 Å². The van der Waals surface area contributed by atoms with Crippen molar-refractivity contribution < 1.29 is 4.42 Å². The van der Waals surface area contributed by atoms with Crippen LogP contribution in [0.4, 0.5) is 17.1 Å². The van der Waals surface area contributed by atoms with Crippen molar-refractivity contribution >= 4 is 39.0 Å². The fourth-order valence-corrected chi connectivity index (χ4v) is 9.23. The molecular formula is C55H37NO. The summed E-state index contributed by atoms with van der Waals surface area (Å²) in [6.07, 6.45) is 0. The zero-order chi connectivity index (χ0) is 37.8. The quantitative estimate of drug-likeness (QED) is 0.163. The number of furan rings is 1. The molecule has 1 aromatic heterocycles. The Bertz CT molecular complexity index is 3060. The first-order chi connectivity index (χ1) is 28.3. The van der Waals surface area contributed by atoms with Gasteiger partial charge >= 0.3 is 0 Å². The van der Waals surface area contributed by atoms with Gasteiger partial charge in [-0.25, -0.2) is 0 Å². The van der Waals surface area contributed by atoms with Crippen molar-refractivity contribution in [2.45, 2.75) is 5.41 Å². The molecule has 0 saturated carbocycles. The van der Waals surface area contributed by atoms with Crippen molar-refractivity contribution in [2.75, 3.05) is 4.90 Å². The van der Waals surface area contributed by atoms with Crippen LogP contribution >= 0.6 is 0 Å². The number of fused-ring (bicyclic) bond motifs is 6. The van der Waals surface area contributed by atoms with Crippen molar-refractivity contribution in [1.29, 1.82) is 0 Å². The number of anilines is 3. The van der Waals surface area contributed by atoms with Crippen LogP contribution in [0, 0.1) is 0 Å². The van der Waals surface area contributed by atoms with Gasteiger partial charge in [0.2, 0.25) is 0 Å². The van der Waals surface area contributed by atoms with Crippen molar-refractivity contribution in [3.8, 4) is 33.4 Å². The topological polar surface area (TPSA) is 16.4 Å². The van der Waals surface area contributed by atoms with Crippen molar-refractivity contribution in [2.24, 2.45) is 0 Å². The van der Waals surface area contributed by atoms with Crippen LogP contribution in [0.2, 0.25) is 0 Å². The Morgan fingerprint density at radius 3 is 1.70 bits per heavy atom. The van der Waals surface area contributed by atoms with E-state index >= 15 is 0 Å². The molecule has 0 aliphatic heterocycles. The summed E-state index contributed by atoms with van der Waals surface area (Å²) in [6, 6.07) is 81.4. The van der Waals surface area contributed by atoms with E-state index in [1.165, 1.54) is 55.6 Å². The third-order valence-corrected chi connectivity index (χ3v) is 11.8. The molecule has 9 aromatic carbocycles. The molecule has 0 radical (unpaired) electrons. The molecule has 0 N–H and O–H groups in total. The molecule has 2 heteroatoms. The molecule has 10 aromatic rings. The van der Waals surface area contributed by atoms with Crippen molar-refractivity contribution in [1.82, 2.24) is 0 Å². The highest BCUT2D eigenvalue weighted by atomic mass is 16.3. The minimum absolute atomic E-state index is 0.600. The van der Waals surface area contributed by atoms with Gasteiger partial charge in [0.1, 0.15) is 11.2 Å². The summed E-state index contributed by atoms with van der Waals surface area (Å²) in [5.41, 5.74) is 16.7. The Morgan fingerprint density at radius 2 is 0.912 bits per heavy atom. The number of hydrogen-bond donors (Lipinski definition) is 0. The smallest absolute Gasteiger partial charge is 0.135 e. The predicted molar refractivity (Wildman–Crippen MR) is 237 cm³/mol. The second kappa shape index (κ2) is 13.4. The van der Waals surface area contributed by atoms with Crippen LogP contribution in [0.15, 0.2) is 229 Å². The maximum Gasteiger partial charge on any atom is 0.135 e. The van der Waals surface area contributed by atoms with Gasteiger partial charge in [-0.15, -0.1) is 0 Å². The molecule has 1 heterocycles. The molecule has 11 rings (SSSR count). The second-order valence-corrected chi connectivity index (χ2v) is 14.8. The summed E-state index contributed by atoms with van der Waals surface area (Å²) < 4.78 is 6.37. The molecule has 0 fully saturated rings. The van der Waals surface area contributed by atoms with Crippen LogP contribution in [0.1, 0.15) is 22.3 Å². The molecular weight excluding hydrogens is 691 g/mol. The van der Waals surface area contributed by atoms with E-state index in [9.17, 15) is 0 Å². The Hall–Kier alpha value is -7.42. The van der Waals surface area contributed by atoms with E-state index in [0.29, 0.717) is 0 Å². The summed E-state index contributed by atoms with van der Waals surface area (Å²) in [7, 11) is 0. The first kappa shape index (κ1) is 33.0. The molecule has 1 atom stereocenters. The fourth-order valence-electron chi connectivity index (χ4n) is 9.23. The maximum atomic E-state index is 6.37. The molecule has 0 spiro atoms.